The average molecular weight is 277 g/mol. The van der Waals surface area contributed by atoms with Crippen LogP contribution in [0.2, 0.25) is 5.02 Å². The molecule has 7 heteroatoms. The number of nitrogens with zero attached hydrogens (tertiary/aromatic N) is 3. The third kappa shape index (κ3) is 2.30. The van der Waals surface area contributed by atoms with Crippen molar-refractivity contribution in [3.63, 3.8) is 0 Å². The zero-order chi connectivity index (χ0) is 13.2. The standard InChI is InChI=1S/C12H10ClN5O/c13-10-1-2-17-3-4-18(11(17)5-10)8-14-12(19)9-6-15-16-7-9/h1-7H,8H2,(H-,14,15,16,19)/p+1. The van der Waals surface area contributed by atoms with Crippen molar-refractivity contribution in [3.8, 4) is 0 Å². The molecule has 1 amide bonds. The summed E-state index contributed by atoms with van der Waals surface area (Å²) in [5.41, 5.74) is 1.40. The lowest BCUT2D eigenvalue weighted by Crippen LogP contribution is -2.42. The molecule has 0 fully saturated rings. The molecule has 96 valence electrons. The fraction of sp³-hybridized carbons (Fsp3) is 0.0833. The number of hydrogen-bond donors (Lipinski definition) is 2. The van der Waals surface area contributed by atoms with Crippen molar-refractivity contribution in [1.29, 1.82) is 0 Å². The maximum Gasteiger partial charge on any atom is 0.289 e. The maximum absolute atomic E-state index is 11.8. The van der Waals surface area contributed by atoms with Gasteiger partial charge in [0.05, 0.1) is 23.0 Å². The van der Waals surface area contributed by atoms with Crippen LogP contribution in [0.5, 0.6) is 0 Å². The minimum absolute atomic E-state index is 0.178. The van der Waals surface area contributed by atoms with E-state index in [9.17, 15) is 4.79 Å². The number of carbonyl (C=O) groups is 1. The van der Waals surface area contributed by atoms with Gasteiger partial charge in [0.15, 0.2) is 6.67 Å². The molecule has 0 saturated carbocycles. The molecule has 0 aliphatic rings. The van der Waals surface area contributed by atoms with Crippen molar-refractivity contribution in [2.24, 2.45) is 0 Å². The summed E-state index contributed by atoms with van der Waals surface area (Å²) in [6, 6.07) is 3.65. The summed E-state index contributed by atoms with van der Waals surface area (Å²) in [5, 5.41) is 9.80. The average Bonchev–Trinajstić information content (AvgIpc) is 3.05. The second-order valence-electron chi connectivity index (χ2n) is 4.03. The zero-order valence-corrected chi connectivity index (χ0v) is 10.6. The van der Waals surface area contributed by atoms with E-state index in [1.165, 1.54) is 6.20 Å². The second kappa shape index (κ2) is 4.74. The van der Waals surface area contributed by atoms with Crippen LogP contribution in [0.25, 0.3) is 5.65 Å². The van der Waals surface area contributed by atoms with Gasteiger partial charge in [-0.25, -0.2) is 8.97 Å². The Balaban J connectivity index is 1.79. The Kier molecular flexibility index (Phi) is 2.92. The molecule has 0 aromatic carbocycles. The normalized spacial score (nSPS) is 10.8. The molecule has 0 bridgehead atoms. The van der Waals surface area contributed by atoms with Crippen molar-refractivity contribution in [1.82, 2.24) is 19.9 Å². The first kappa shape index (κ1) is 11.7. The highest BCUT2D eigenvalue weighted by atomic mass is 35.5. The van der Waals surface area contributed by atoms with Crippen molar-refractivity contribution < 1.29 is 9.36 Å². The molecule has 0 aliphatic heterocycles. The first-order valence-electron chi connectivity index (χ1n) is 5.67. The summed E-state index contributed by atoms with van der Waals surface area (Å²) < 4.78 is 3.82. The molecule has 3 aromatic rings. The summed E-state index contributed by atoms with van der Waals surface area (Å²) in [6.07, 6.45) is 8.67. The van der Waals surface area contributed by atoms with Crippen LogP contribution in [-0.2, 0) is 6.67 Å². The van der Waals surface area contributed by atoms with Gasteiger partial charge >= 0.3 is 0 Å². The molecule has 0 saturated heterocycles. The Bertz CT molecular complexity index is 719. The number of carbonyl (C=O) groups excluding carboxylic acids is 1. The number of fused-ring (bicyclic) bond motifs is 1. The van der Waals surface area contributed by atoms with E-state index in [0.29, 0.717) is 17.3 Å². The van der Waals surface area contributed by atoms with Gasteiger partial charge in [0, 0.05) is 12.3 Å². The lowest BCUT2D eigenvalue weighted by Gasteiger charge is -2.01. The number of H-pyrrole nitrogens is 1. The minimum Gasteiger partial charge on any atom is -0.316 e. The number of halogens is 1. The number of imidazole rings is 1. The van der Waals surface area contributed by atoms with Crippen LogP contribution in [-0.4, -0.2) is 20.5 Å². The number of aromatic nitrogens is 4. The molecule has 0 radical (unpaired) electrons. The highest BCUT2D eigenvalue weighted by molar-refractivity contribution is 6.30. The monoisotopic (exact) mass is 276 g/mol. The summed E-state index contributed by atoms with van der Waals surface area (Å²) in [4.78, 5) is 11.8. The quantitative estimate of drug-likeness (QED) is 0.701. The zero-order valence-electron chi connectivity index (χ0n) is 9.88. The number of amides is 1. The third-order valence-electron chi connectivity index (χ3n) is 2.80. The lowest BCUT2D eigenvalue weighted by molar-refractivity contribution is -0.673. The molecule has 0 unspecified atom stereocenters. The molecule has 3 heterocycles. The van der Waals surface area contributed by atoms with E-state index in [-0.39, 0.29) is 5.91 Å². The molecule has 3 aromatic heterocycles. The van der Waals surface area contributed by atoms with Crippen LogP contribution >= 0.6 is 11.6 Å². The molecule has 3 rings (SSSR count). The highest BCUT2D eigenvalue weighted by Gasteiger charge is 2.12. The van der Waals surface area contributed by atoms with E-state index in [0.717, 1.165) is 5.65 Å². The van der Waals surface area contributed by atoms with Crippen molar-refractivity contribution in [2.75, 3.05) is 0 Å². The first-order chi connectivity index (χ1) is 9.24. The highest BCUT2D eigenvalue weighted by Crippen LogP contribution is 2.09. The lowest BCUT2D eigenvalue weighted by atomic mass is 10.3. The van der Waals surface area contributed by atoms with Crippen molar-refractivity contribution in [3.05, 3.63) is 53.7 Å². The molecular weight excluding hydrogens is 266 g/mol. The van der Waals surface area contributed by atoms with E-state index in [1.807, 2.05) is 39.7 Å². The number of rotatable bonds is 3. The Hall–Kier alpha value is -2.34. The smallest absolute Gasteiger partial charge is 0.289 e. The molecule has 0 aliphatic carbocycles. The van der Waals surface area contributed by atoms with Gasteiger partial charge in [-0.1, -0.05) is 11.6 Å². The molecule has 2 N–H and O–H groups in total. The number of hydrogen-bond acceptors (Lipinski definition) is 2. The number of nitrogens with one attached hydrogen (secondary N) is 2. The number of pyridine rings is 1. The largest absolute Gasteiger partial charge is 0.316 e. The Morgan fingerprint density at radius 1 is 1.53 bits per heavy atom. The molecule has 6 nitrogen and oxygen atoms in total. The van der Waals surface area contributed by atoms with E-state index < -0.39 is 0 Å². The predicted octanol–water partition coefficient (Wildman–Crippen LogP) is 0.991. The Labute approximate surface area is 113 Å². The van der Waals surface area contributed by atoms with Gasteiger partial charge in [0.1, 0.15) is 12.4 Å². The van der Waals surface area contributed by atoms with Crippen molar-refractivity contribution in [2.45, 2.75) is 6.67 Å². The van der Waals surface area contributed by atoms with Gasteiger partial charge in [-0.05, 0) is 6.07 Å². The Morgan fingerprint density at radius 2 is 2.42 bits per heavy atom. The fourth-order valence-electron chi connectivity index (χ4n) is 1.83. The van der Waals surface area contributed by atoms with Crippen LogP contribution < -0.4 is 9.88 Å². The summed E-state index contributed by atoms with van der Waals surface area (Å²) in [6.45, 7) is 0.362. The van der Waals surface area contributed by atoms with Gasteiger partial charge in [0.2, 0.25) is 0 Å². The van der Waals surface area contributed by atoms with Crippen LogP contribution in [0.1, 0.15) is 10.4 Å². The first-order valence-corrected chi connectivity index (χ1v) is 6.04. The maximum atomic E-state index is 11.8. The SMILES string of the molecule is O=C(NC[n+]1ccn2ccc(Cl)cc21)c1cn[nH]c1. The van der Waals surface area contributed by atoms with Crippen LogP contribution in [0.4, 0.5) is 0 Å². The Morgan fingerprint density at radius 3 is 3.21 bits per heavy atom. The van der Waals surface area contributed by atoms with Crippen LogP contribution in [0.3, 0.4) is 0 Å². The van der Waals surface area contributed by atoms with E-state index in [2.05, 4.69) is 15.5 Å². The molecule has 0 spiro atoms. The predicted molar refractivity (Wildman–Crippen MR) is 68.7 cm³/mol. The summed E-state index contributed by atoms with van der Waals surface area (Å²) >= 11 is 5.97. The van der Waals surface area contributed by atoms with Crippen LogP contribution in [0.15, 0.2) is 43.1 Å². The van der Waals surface area contributed by atoms with Gasteiger partial charge in [-0.2, -0.15) is 5.10 Å². The molecule has 0 atom stereocenters. The van der Waals surface area contributed by atoms with E-state index >= 15 is 0 Å². The summed E-state index contributed by atoms with van der Waals surface area (Å²) in [7, 11) is 0. The number of aromatic amines is 1. The van der Waals surface area contributed by atoms with E-state index in [4.69, 9.17) is 11.6 Å². The fourth-order valence-corrected chi connectivity index (χ4v) is 1.98. The second-order valence-corrected chi connectivity index (χ2v) is 4.47. The topological polar surface area (TPSA) is 66.1 Å². The van der Waals surface area contributed by atoms with Gasteiger partial charge < -0.3 is 5.32 Å². The van der Waals surface area contributed by atoms with E-state index in [1.54, 1.807) is 6.20 Å². The van der Waals surface area contributed by atoms with Crippen molar-refractivity contribution >= 4 is 23.2 Å². The molecule has 19 heavy (non-hydrogen) atoms. The minimum atomic E-state index is -0.178. The van der Waals surface area contributed by atoms with Gasteiger partial charge in [-0.15, -0.1) is 0 Å². The van der Waals surface area contributed by atoms with Gasteiger partial charge in [0.25, 0.3) is 11.6 Å². The third-order valence-corrected chi connectivity index (χ3v) is 3.03. The van der Waals surface area contributed by atoms with Gasteiger partial charge in [-0.3, -0.25) is 9.89 Å². The summed E-state index contributed by atoms with van der Waals surface area (Å²) in [5.74, 6) is -0.178. The molecular formula is C12H11ClN5O+. The van der Waals surface area contributed by atoms with Crippen LogP contribution in [0, 0.1) is 0 Å².